The van der Waals surface area contributed by atoms with Crippen molar-refractivity contribution in [3.05, 3.63) is 84.3 Å². The molecule has 4 nitrogen and oxygen atoms in total. The minimum atomic E-state index is 0.933. The first-order valence-electron chi connectivity index (χ1n) is 9.43. The molecule has 6 aromatic rings. The van der Waals surface area contributed by atoms with Crippen LogP contribution in [-0.4, -0.2) is 19.4 Å². The van der Waals surface area contributed by atoms with Gasteiger partial charge in [-0.3, -0.25) is 14.4 Å². The first-order valence-corrected chi connectivity index (χ1v) is 9.43. The van der Waals surface area contributed by atoms with E-state index in [1.165, 1.54) is 22.3 Å². The maximum atomic E-state index is 5.15. The van der Waals surface area contributed by atoms with Crippen molar-refractivity contribution in [2.45, 2.75) is 6.42 Å². The number of hydrogen-bond acceptors (Lipinski definition) is 3. The molecule has 0 atom stereocenters. The number of rotatable bonds is 0. The average Bonchev–Trinajstić information content (AvgIpc) is 3.33. The lowest BCUT2D eigenvalue weighted by Gasteiger charge is -2.07. The van der Waals surface area contributed by atoms with E-state index in [-0.39, 0.29) is 0 Å². The normalized spacial score (nSPS) is 12.9. The van der Waals surface area contributed by atoms with Crippen LogP contribution in [0.4, 0.5) is 0 Å². The molecule has 1 aliphatic rings. The smallest absolute Gasteiger partial charge is 0.147 e. The highest BCUT2D eigenvalue weighted by atomic mass is 15.0. The first-order chi connectivity index (χ1) is 13.9. The van der Waals surface area contributed by atoms with Gasteiger partial charge in [-0.2, -0.15) is 0 Å². The van der Waals surface area contributed by atoms with E-state index in [2.05, 4.69) is 62.9 Å². The van der Waals surface area contributed by atoms with Crippen LogP contribution in [0.3, 0.4) is 0 Å². The molecular weight excluding hydrogens is 344 g/mol. The molecule has 4 heteroatoms. The van der Waals surface area contributed by atoms with Crippen LogP contribution < -0.4 is 0 Å². The van der Waals surface area contributed by atoms with Crippen LogP contribution in [0.2, 0.25) is 0 Å². The fourth-order valence-electron chi connectivity index (χ4n) is 4.75. The van der Waals surface area contributed by atoms with Crippen molar-refractivity contribution in [3.63, 3.8) is 0 Å². The predicted octanol–water partition coefficient (Wildman–Crippen LogP) is 5.16. The van der Waals surface area contributed by atoms with Crippen LogP contribution in [0, 0.1) is 0 Å². The Morgan fingerprint density at radius 2 is 1.71 bits per heavy atom. The van der Waals surface area contributed by atoms with Gasteiger partial charge in [0.2, 0.25) is 0 Å². The Balaban J connectivity index is 1.72. The molecule has 0 saturated carbocycles. The lowest BCUT2D eigenvalue weighted by molar-refractivity contribution is 1.27. The molecule has 0 amide bonds. The summed E-state index contributed by atoms with van der Waals surface area (Å²) in [7, 11) is 0. The summed E-state index contributed by atoms with van der Waals surface area (Å²) in [6, 6.07) is 19.2. The first kappa shape index (κ1) is 14.3. The van der Waals surface area contributed by atoms with Gasteiger partial charge in [0.25, 0.3) is 0 Å². The van der Waals surface area contributed by atoms with Gasteiger partial charge in [0, 0.05) is 35.8 Å². The maximum absolute atomic E-state index is 5.15. The summed E-state index contributed by atoms with van der Waals surface area (Å²) in [5.74, 6) is 0. The van der Waals surface area contributed by atoms with Gasteiger partial charge in [-0.1, -0.05) is 30.3 Å². The summed E-state index contributed by atoms with van der Waals surface area (Å²) in [5.41, 5.74) is 10.6. The molecule has 0 bridgehead atoms. The lowest BCUT2D eigenvalue weighted by atomic mass is 10.1. The van der Waals surface area contributed by atoms with Gasteiger partial charge in [0.15, 0.2) is 0 Å². The molecule has 28 heavy (non-hydrogen) atoms. The Morgan fingerprint density at radius 3 is 2.71 bits per heavy atom. The third-order valence-corrected chi connectivity index (χ3v) is 5.95. The molecule has 1 aliphatic carbocycles. The fraction of sp³-hybridized carbons (Fsp3) is 0.0417. The predicted molar refractivity (Wildman–Crippen MR) is 112 cm³/mol. The molecule has 4 heterocycles. The summed E-state index contributed by atoms with van der Waals surface area (Å²) in [5, 5.41) is 2.11. The van der Waals surface area contributed by atoms with Gasteiger partial charge < -0.3 is 0 Å². The molecule has 130 valence electrons. The van der Waals surface area contributed by atoms with Crippen molar-refractivity contribution in [1.29, 1.82) is 0 Å². The van der Waals surface area contributed by atoms with E-state index < -0.39 is 0 Å². The minimum absolute atomic E-state index is 0.933. The molecule has 7 rings (SSSR count). The van der Waals surface area contributed by atoms with E-state index in [0.717, 1.165) is 44.9 Å². The number of aromatic nitrogens is 4. The number of hydrogen-bond donors (Lipinski definition) is 0. The molecule has 4 aromatic heterocycles. The van der Waals surface area contributed by atoms with Crippen molar-refractivity contribution in [1.82, 2.24) is 19.4 Å². The number of nitrogens with zero attached hydrogens (tertiary/aromatic N) is 4. The van der Waals surface area contributed by atoms with Crippen molar-refractivity contribution in [2.75, 3.05) is 0 Å². The van der Waals surface area contributed by atoms with Crippen molar-refractivity contribution in [2.24, 2.45) is 0 Å². The zero-order chi connectivity index (χ0) is 18.2. The largest absolute Gasteiger partial charge is 0.291 e. The molecular formula is C24H14N4. The van der Waals surface area contributed by atoms with Crippen LogP contribution >= 0.6 is 0 Å². The molecule has 0 radical (unpaired) electrons. The zero-order valence-electron chi connectivity index (χ0n) is 14.9. The Hall–Kier alpha value is -3.79. The molecule has 0 fully saturated rings. The highest BCUT2D eigenvalue weighted by Crippen LogP contribution is 2.41. The van der Waals surface area contributed by atoms with Crippen molar-refractivity contribution >= 4 is 38.5 Å². The van der Waals surface area contributed by atoms with Crippen LogP contribution in [0.1, 0.15) is 11.1 Å². The van der Waals surface area contributed by atoms with Gasteiger partial charge in [0.1, 0.15) is 5.65 Å². The molecule has 0 saturated heterocycles. The standard InChI is InChI=1S/C24H14N4/c1-2-5-15-14(4-1)12-18-16(15)7-8-21-23(18)27-24-17-6-3-10-26-22(17)19-13-25-11-9-20(19)28(21)24/h1-11,13H,12H2. The molecule has 2 aromatic carbocycles. The van der Waals surface area contributed by atoms with Crippen molar-refractivity contribution in [3.8, 4) is 11.1 Å². The van der Waals surface area contributed by atoms with E-state index in [0.29, 0.717) is 0 Å². The van der Waals surface area contributed by atoms with E-state index in [1.807, 2.05) is 24.7 Å². The van der Waals surface area contributed by atoms with Crippen LogP contribution in [0.5, 0.6) is 0 Å². The second kappa shape index (κ2) is 4.93. The topological polar surface area (TPSA) is 43.1 Å². The Kier molecular flexibility index (Phi) is 2.51. The third kappa shape index (κ3) is 1.63. The number of fused-ring (bicyclic) bond motifs is 12. The number of imidazole rings is 1. The van der Waals surface area contributed by atoms with E-state index in [9.17, 15) is 0 Å². The van der Waals surface area contributed by atoms with E-state index in [4.69, 9.17) is 4.98 Å². The van der Waals surface area contributed by atoms with Crippen LogP contribution in [-0.2, 0) is 6.42 Å². The third-order valence-electron chi connectivity index (χ3n) is 5.95. The lowest BCUT2D eigenvalue weighted by Crippen LogP contribution is -1.93. The maximum Gasteiger partial charge on any atom is 0.147 e. The Morgan fingerprint density at radius 1 is 0.750 bits per heavy atom. The summed E-state index contributed by atoms with van der Waals surface area (Å²) in [6.07, 6.45) is 6.51. The summed E-state index contributed by atoms with van der Waals surface area (Å²) >= 11 is 0. The quantitative estimate of drug-likeness (QED) is 0.352. The van der Waals surface area contributed by atoms with Crippen molar-refractivity contribution < 1.29 is 0 Å². The monoisotopic (exact) mass is 358 g/mol. The molecule has 0 unspecified atom stereocenters. The van der Waals surface area contributed by atoms with Crippen LogP contribution in [0.15, 0.2) is 73.2 Å². The summed E-state index contributed by atoms with van der Waals surface area (Å²) < 4.78 is 2.26. The van der Waals surface area contributed by atoms with Gasteiger partial charge in [0.05, 0.1) is 22.1 Å². The highest BCUT2D eigenvalue weighted by Gasteiger charge is 2.23. The van der Waals surface area contributed by atoms with Crippen LogP contribution in [0.25, 0.3) is 49.6 Å². The average molecular weight is 358 g/mol. The Bertz CT molecular complexity index is 1590. The molecule has 0 spiro atoms. The van der Waals surface area contributed by atoms with E-state index in [1.54, 1.807) is 0 Å². The van der Waals surface area contributed by atoms with Gasteiger partial charge in [-0.05, 0) is 46.5 Å². The fourth-order valence-corrected chi connectivity index (χ4v) is 4.75. The second-order valence-corrected chi connectivity index (χ2v) is 7.36. The van der Waals surface area contributed by atoms with Gasteiger partial charge in [-0.25, -0.2) is 4.98 Å². The Labute approximate surface area is 160 Å². The summed E-state index contributed by atoms with van der Waals surface area (Å²) in [6.45, 7) is 0. The second-order valence-electron chi connectivity index (χ2n) is 7.36. The SMILES string of the molecule is c1ccc2c(c1)Cc1c-2ccc2c1nc1c3cccnc3c3cnccc3n21. The van der Waals surface area contributed by atoms with E-state index >= 15 is 0 Å². The van der Waals surface area contributed by atoms with Gasteiger partial charge in [-0.15, -0.1) is 0 Å². The zero-order valence-corrected chi connectivity index (χ0v) is 14.9. The number of benzene rings is 2. The van der Waals surface area contributed by atoms with Gasteiger partial charge >= 0.3 is 0 Å². The molecule has 0 N–H and O–H groups in total. The minimum Gasteiger partial charge on any atom is -0.291 e. The highest BCUT2D eigenvalue weighted by molar-refractivity contribution is 6.12. The molecule has 0 aliphatic heterocycles. The summed E-state index contributed by atoms with van der Waals surface area (Å²) in [4.78, 5) is 14.1. The number of pyridine rings is 3.